The molecule has 0 bridgehead atoms. The first-order valence-corrected chi connectivity index (χ1v) is 22.6. The van der Waals surface area contributed by atoms with E-state index in [2.05, 4.69) is 41.9 Å². The number of carboxylic acids is 1. The monoisotopic (exact) mass is 941 g/mol. The molecule has 0 saturated carbocycles. The molecule has 0 radical (unpaired) electrons. The molecule has 0 aromatic rings. The lowest BCUT2D eigenvalue weighted by Crippen LogP contribution is -2.60. The molecule has 0 aliphatic carbocycles. The van der Waals surface area contributed by atoms with Crippen LogP contribution in [-0.4, -0.2) is 133 Å². The Morgan fingerprint density at radius 2 is 0.788 bits per heavy atom. The Balaban J connectivity index is 6.64. The van der Waals surface area contributed by atoms with E-state index >= 15 is 0 Å². The maximum Gasteiger partial charge on any atom is 0.326 e. The molecule has 25 nitrogen and oxygen atoms in total. The van der Waals surface area contributed by atoms with Crippen molar-refractivity contribution in [2.75, 3.05) is 26.2 Å². The van der Waals surface area contributed by atoms with Crippen molar-refractivity contribution in [2.45, 2.75) is 160 Å². The second-order valence-electron chi connectivity index (χ2n) is 17.0. The number of unbranched alkanes of at least 4 members (excludes halogenated alkanes) is 2. The van der Waals surface area contributed by atoms with Gasteiger partial charge in [-0.15, -0.1) is 0 Å². The van der Waals surface area contributed by atoms with Crippen LogP contribution in [0.4, 0.5) is 0 Å². The molecule has 0 saturated heterocycles. The summed E-state index contributed by atoms with van der Waals surface area (Å²) < 4.78 is 0. The molecule has 25 heteroatoms. The summed E-state index contributed by atoms with van der Waals surface area (Å²) in [5, 5.41) is 25.5. The summed E-state index contributed by atoms with van der Waals surface area (Å²) in [7, 11) is 0. The third-order valence-electron chi connectivity index (χ3n) is 10.0. The van der Waals surface area contributed by atoms with Gasteiger partial charge in [0.1, 0.15) is 36.3 Å². The van der Waals surface area contributed by atoms with Gasteiger partial charge in [0.15, 0.2) is 11.9 Å². The van der Waals surface area contributed by atoms with Crippen molar-refractivity contribution in [3.8, 4) is 0 Å². The highest BCUT2D eigenvalue weighted by Gasteiger charge is 2.34. The topological polar surface area (TPSA) is 462 Å². The van der Waals surface area contributed by atoms with E-state index in [1.807, 2.05) is 13.8 Å². The fourth-order valence-corrected chi connectivity index (χ4v) is 6.57. The molecule has 23 N–H and O–H groups in total. The number of aliphatic imine (C=N–C) groups is 2. The van der Waals surface area contributed by atoms with Gasteiger partial charge in [0.25, 0.3) is 0 Å². The maximum absolute atomic E-state index is 14.1. The maximum atomic E-state index is 14.1. The van der Waals surface area contributed by atoms with E-state index in [1.165, 1.54) is 0 Å². The van der Waals surface area contributed by atoms with Crippen molar-refractivity contribution in [1.29, 1.82) is 0 Å². The zero-order valence-electron chi connectivity index (χ0n) is 39.2. The second kappa shape index (κ2) is 33.6. The number of nitrogens with zero attached hydrogens (tertiary/aromatic N) is 2. The molecule has 0 aliphatic heterocycles. The summed E-state index contributed by atoms with van der Waals surface area (Å²) in [6.45, 7) is 8.18. The number of nitrogens with one attached hydrogen (secondary N) is 6. The largest absolute Gasteiger partial charge is 0.480 e. The van der Waals surface area contributed by atoms with E-state index in [-0.39, 0.29) is 101 Å². The van der Waals surface area contributed by atoms with Gasteiger partial charge < -0.3 is 82.9 Å². The number of aliphatic carboxylic acids is 1. The fraction of sp³-hybridized carbons (Fsp3) is 0.756. The Morgan fingerprint density at radius 3 is 1.15 bits per heavy atom. The first-order valence-electron chi connectivity index (χ1n) is 22.6. The minimum Gasteiger partial charge on any atom is -0.480 e. The zero-order chi connectivity index (χ0) is 50.4. The number of hydrogen-bond donors (Lipinski definition) is 15. The van der Waals surface area contributed by atoms with Crippen LogP contribution in [0.5, 0.6) is 0 Å². The highest BCUT2D eigenvalue weighted by atomic mass is 16.4. The lowest BCUT2D eigenvalue weighted by Gasteiger charge is -2.28. The van der Waals surface area contributed by atoms with Crippen LogP contribution in [0.1, 0.15) is 118 Å². The summed E-state index contributed by atoms with van der Waals surface area (Å²) in [5.41, 5.74) is 44.5. The van der Waals surface area contributed by atoms with Gasteiger partial charge >= 0.3 is 5.97 Å². The molecule has 0 aliphatic rings. The first-order chi connectivity index (χ1) is 31.0. The van der Waals surface area contributed by atoms with Gasteiger partial charge in [-0.2, -0.15) is 0 Å². The van der Waals surface area contributed by atoms with Gasteiger partial charge in [-0.25, -0.2) is 4.79 Å². The van der Waals surface area contributed by atoms with Crippen molar-refractivity contribution < 1.29 is 43.5 Å². The summed E-state index contributed by atoms with van der Waals surface area (Å²) in [6, 6.07) is -8.62. The average molecular weight is 941 g/mol. The molecular formula is C41H80N16O9. The summed E-state index contributed by atoms with van der Waals surface area (Å²) in [6.07, 6.45) is 2.25. The standard InChI is InChI=1S/C41H80N16O9/c1-23(2)21-25(44)33(59)52-26(11-5-7-17-42)34(60)54-28(13-9-19-50-40(46)47)35(61)53-27(12-6-8-18-43)36(62)57-31(22-24(3)4)38(64)55-29(15-16-32(45)58)37(63)56-30(39(65)66)14-10-20-51-41(48)49/h23-31H,5-22,42-44H2,1-4H3,(H2,45,58)(H,52,59)(H,53,61)(H,54,60)(H,55,64)(H,56,63)(H,57,62)(H,65,66)(H4,46,47,50)(H4,48,49,51)/t25-,26-,27-,28-,29-,30-,31-/m0/s1. The van der Waals surface area contributed by atoms with Gasteiger partial charge in [0, 0.05) is 19.5 Å². The number of carbonyl (C=O) groups is 8. The van der Waals surface area contributed by atoms with Crippen LogP contribution < -0.4 is 77.8 Å². The zero-order valence-corrected chi connectivity index (χ0v) is 39.2. The molecule has 66 heavy (non-hydrogen) atoms. The predicted octanol–water partition coefficient (Wildman–Crippen LogP) is -3.97. The van der Waals surface area contributed by atoms with Gasteiger partial charge in [-0.3, -0.25) is 43.5 Å². The Kier molecular flexibility index (Phi) is 30.7. The summed E-state index contributed by atoms with van der Waals surface area (Å²) >= 11 is 0. The van der Waals surface area contributed by atoms with E-state index < -0.39 is 89.6 Å². The summed E-state index contributed by atoms with van der Waals surface area (Å²) in [5.74, 6) is -7.14. The van der Waals surface area contributed by atoms with Crippen LogP contribution in [0.15, 0.2) is 9.98 Å². The van der Waals surface area contributed by atoms with Crippen LogP contribution >= 0.6 is 0 Å². The minimum atomic E-state index is -1.45. The highest BCUT2D eigenvalue weighted by Crippen LogP contribution is 2.12. The number of carboxylic acid groups (broad SMARTS) is 1. The molecule has 378 valence electrons. The lowest BCUT2D eigenvalue weighted by molar-refractivity contribution is -0.142. The molecule has 0 spiro atoms. The van der Waals surface area contributed by atoms with Gasteiger partial charge in [-0.1, -0.05) is 27.7 Å². The summed E-state index contributed by atoms with van der Waals surface area (Å²) in [4.78, 5) is 114. The van der Waals surface area contributed by atoms with E-state index in [9.17, 15) is 43.5 Å². The molecule has 7 atom stereocenters. The van der Waals surface area contributed by atoms with Crippen molar-refractivity contribution >= 4 is 59.2 Å². The number of nitrogens with two attached hydrogens (primary N) is 8. The number of hydrogen-bond acceptors (Lipinski definition) is 13. The number of rotatable bonds is 36. The van der Waals surface area contributed by atoms with Crippen LogP contribution in [0.25, 0.3) is 0 Å². The van der Waals surface area contributed by atoms with Gasteiger partial charge in [0.05, 0.1) is 6.04 Å². The molecule has 0 aromatic carbocycles. The van der Waals surface area contributed by atoms with E-state index in [4.69, 9.17) is 45.9 Å². The highest BCUT2D eigenvalue weighted by molar-refractivity contribution is 5.97. The lowest BCUT2D eigenvalue weighted by atomic mass is 10.0. The Morgan fingerprint density at radius 1 is 0.455 bits per heavy atom. The Labute approximate surface area is 387 Å². The first kappa shape index (κ1) is 60.2. The molecule has 0 heterocycles. The number of guanidine groups is 2. The van der Waals surface area contributed by atoms with E-state index in [0.717, 1.165) is 0 Å². The Hall–Kier alpha value is -5.82. The van der Waals surface area contributed by atoms with E-state index in [0.29, 0.717) is 38.6 Å². The van der Waals surface area contributed by atoms with Crippen LogP contribution in [0, 0.1) is 11.8 Å². The minimum absolute atomic E-state index is 0.00790. The van der Waals surface area contributed by atoms with Gasteiger partial charge in [-0.05, 0) is 108 Å². The van der Waals surface area contributed by atoms with Gasteiger partial charge in [0.2, 0.25) is 41.4 Å². The fourth-order valence-electron chi connectivity index (χ4n) is 6.57. The number of carbonyl (C=O) groups excluding carboxylic acids is 7. The van der Waals surface area contributed by atoms with Crippen molar-refractivity contribution in [3.05, 3.63) is 0 Å². The normalized spacial score (nSPS) is 14.3. The van der Waals surface area contributed by atoms with Crippen molar-refractivity contribution in [3.63, 3.8) is 0 Å². The quantitative estimate of drug-likeness (QED) is 0.0162. The molecule has 0 aromatic heterocycles. The third-order valence-corrected chi connectivity index (χ3v) is 10.0. The van der Waals surface area contributed by atoms with Crippen LogP contribution in [0.2, 0.25) is 0 Å². The SMILES string of the molecule is CC(C)C[C@H](NC(=O)[C@H](CCCCN)NC(=O)[C@H](CCCN=C(N)N)NC(=O)[C@H](CCCCN)NC(=O)[C@@H](N)CC(C)C)C(=O)N[C@@H](CCC(N)=O)C(=O)N[C@@H](CCCN=C(N)N)C(=O)O. The Bertz CT molecular complexity index is 1610. The average Bonchev–Trinajstić information content (AvgIpc) is 3.22. The third kappa shape index (κ3) is 27.5. The molecule has 0 unspecified atom stereocenters. The van der Waals surface area contributed by atoms with Crippen molar-refractivity contribution in [1.82, 2.24) is 31.9 Å². The van der Waals surface area contributed by atoms with Crippen LogP contribution in [0.3, 0.4) is 0 Å². The van der Waals surface area contributed by atoms with E-state index in [1.54, 1.807) is 13.8 Å². The molecule has 0 rings (SSSR count). The number of primary amides is 1. The van der Waals surface area contributed by atoms with Crippen LogP contribution in [-0.2, 0) is 38.4 Å². The molecule has 0 fully saturated rings. The molecular weight excluding hydrogens is 861 g/mol. The second-order valence-corrected chi connectivity index (χ2v) is 17.0. The number of amides is 7. The molecule has 7 amide bonds. The predicted molar refractivity (Wildman–Crippen MR) is 250 cm³/mol. The smallest absolute Gasteiger partial charge is 0.326 e. The van der Waals surface area contributed by atoms with Crippen molar-refractivity contribution in [2.24, 2.45) is 67.7 Å².